The monoisotopic (exact) mass is 442 g/mol. The first-order chi connectivity index (χ1) is 15.5. The molecular weight excluding hydrogens is 416 g/mol. The van der Waals surface area contributed by atoms with E-state index in [1.165, 1.54) is 0 Å². The van der Waals surface area contributed by atoms with Crippen molar-refractivity contribution in [3.8, 4) is 45.6 Å². The van der Waals surface area contributed by atoms with E-state index in [1.54, 1.807) is 42.7 Å². The van der Waals surface area contributed by atoms with Gasteiger partial charge in [-0.05, 0) is 35.8 Å². The summed E-state index contributed by atoms with van der Waals surface area (Å²) in [6.45, 7) is 0.306. The van der Waals surface area contributed by atoms with Gasteiger partial charge in [-0.3, -0.25) is 0 Å². The van der Waals surface area contributed by atoms with Gasteiger partial charge in [-0.25, -0.2) is 4.79 Å². The molecule has 1 atom stereocenters. The molecule has 1 heterocycles. The van der Waals surface area contributed by atoms with Crippen LogP contribution in [-0.4, -0.2) is 55.2 Å². The van der Waals surface area contributed by atoms with E-state index in [-0.39, 0.29) is 11.9 Å². The van der Waals surface area contributed by atoms with E-state index in [1.807, 2.05) is 18.2 Å². The van der Waals surface area contributed by atoms with Crippen molar-refractivity contribution in [3.05, 3.63) is 28.8 Å². The van der Waals surface area contributed by atoms with Gasteiger partial charge in [0.2, 0.25) is 11.5 Å². The molecule has 2 aromatic carbocycles. The summed E-state index contributed by atoms with van der Waals surface area (Å²) in [5.74, 6) is 2.40. The van der Waals surface area contributed by atoms with E-state index in [4.69, 9.17) is 33.2 Å². The predicted molar refractivity (Wildman–Crippen MR) is 117 cm³/mol. The number of rotatable bonds is 6. The van der Waals surface area contributed by atoms with Gasteiger partial charge < -0.3 is 33.2 Å². The molecule has 0 spiro atoms. The summed E-state index contributed by atoms with van der Waals surface area (Å²) >= 11 is 0. The minimum absolute atomic E-state index is 0.115. The molecule has 0 aromatic heterocycles. The van der Waals surface area contributed by atoms with Crippen LogP contribution in [0.3, 0.4) is 0 Å². The summed E-state index contributed by atoms with van der Waals surface area (Å²) in [4.78, 5) is 12.5. The molecule has 1 aliphatic heterocycles. The highest BCUT2D eigenvalue weighted by molar-refractivity contribution is 6.00. The van der Waals surface area contributed by atoms with E-state index in [2.05, 4.69) is 0 Å². The molecular formula is C24H26O8. The highest BCUT2D eigenvalue weighted by Gasteiger charge is 2.37. The maximum absolute atomic E-state index is 12.5. The molecule has 1 saturated heterocycles. The Bertz CT molecular complexity index is 1100. The average molecular weight is 442 g/mol. The Labute approximate surface area is 186 Å². The zero-order valence-corrected chi connectivity index (χ0v) is 19.0. The summed E-state index contributed by atoms with van der Waals surface area (Å²) in [5, 5.41) is 0. The molecule has 0 radical (unpaired) electrons. The van der Waals surface area contributed by atoms with E-state index in [9.17, 15) is 4.79 Å². The SMILES string of the molecule is COc1cc2c(c(OC)c1OC)-c1c(cc(OC)c(OC)c1OC)CC1COC(=O)C1=C2. The smallest absolute Gasteiger partial charge is 0.334 e. The second-order valence-corrected chi connectivity index (χ2v) is 7.39. The Morgan fingerprint density at radius 1 is 0.750 bits per heavy atom. The van der Waals surface area contributed by atoms with Crippen molar-refractivity contribution in [1.82, 2.24) is 0 Å². The number of benzene rings is 2. The van der Waals surface area contributed by atoms with Crippen LogP contribution in [0.4, 0.5) is 0 Å². The van der Waals surface area contributed by atoms with Crippen LogP contribution in [0.1, 0.15) is 11.1 Å². The molecule has 1 aliphatic carbocycles. The standard InChI is InChI=1S/C24H26O8/c1-26-16-9-12-7-14-11-32-24(25)15(14)8-13-10-17(27-2)21(29-4)23(31-6)19(13)18(12)22(30-5)20(16)28-3/h8-10,14H,7,11H2,1-6H3. The van der Waals surface area contributed by atoms with E-state index in [0.717, 1.165) is 11.1 Å². The van der Waals surface area contributed by atoms with Crippen LogP contribution >= 0.6 is 0 Å². The van der Waals surface area contributed by atoms with Crippen molar-refractivity contribution in [3.63, 3.8) is 0 Å². The first kappa shape index (κ1) is 21.7. The molecule has 0 N–H and O–H groups in total. The number of hydrogen-bond acceptors (Lipinski definition) is 8. The van der Waals surface area contributed by atoms with Crippen molar-refractivity contribution in [2.45, 2.75) is 6.42 Å². The van der Waals surface area contributed by atoms with Crippen LogP contribution in [0.15, 0.2) is 17.7 Å². The number of esters is 1. The zero-order chi connectivity index (χ0) is 23.0. The van der Waals surface area contributed by atoms with Gasteiger partial charge in [-0.2, -0.15) is 0 Å². The number of carbonyl (C=O) groups excluding carboxylic acids is 1. The fraction of sp³-hybridized carbons (Fsp3) is 0.375. The zero-order valence-electron chi connectivity index (χ0n) is 19.0. The molecule has 0 amide bonds. The van der Waals surface area contributed by atoms with Crippen molar-refractivity contribution in [2.24, 2.45) is 5.92 Å². The number of carbonyl (C=O) groups is 1. The number of hydrogen-bond donors (Lipinski definition) is 0. The third kappa shape index (κ3) is 3.18. The molecule has 8 heteroatoms. The van der Waals surface area contributed by atoms with Gasteiger partial charge in [0, 0.05) is 22.6 Å². The average Bonchev–Trinajstić information content (AvgIpc) is 3.14. The van der Waals surface area contributed by atoms with E-state index in [0.29, 0.717) is 64.2 Å². The summed E-state index contributed by atoms with van der Waals surface area (Å²) < 4.78 is 39.5. The predicted octanol–water partition coefficient (Wildman–Crippen LogP) is 3.52. The van der Waals surface area contributed by atoms with Gasteiger partial charge in [0.15, 0.2) is 23.0 Å². The number of methoxy groups -OCH3 is 6. The molecule has 1 fully saturated rings. The molecule has 2 aromatic rings. The number of ether oxygens (including phenoxy) is 7. The van der Waals surface area contributed by atoms with Gasteiger partial charge >= 0.3 is 5.97 Å². The Morgan fingerprint density at radius 2 is 1.31 bits per heavy atom. The van der Waals surface area contributed by atoms with Crippen molar-refractivity contribution in [2.75, 3.05) is 49.3 Å². The second kappa shape index (κ2) is 8.53. The topological polar surface area (TPSA) is 81.7 Å². The third-order valence-corrected chi connectivity index (χ3v) is 5.89. The molecule has 0 bridgehead atoms. The number of fused-ring (bicyclic) bond motifs is 4. The third-order valence-electron chi connectivity index (χ3n) is 5.89. The Kier molecular flexibility index (Phi) is 5.78. The molecule has 0 saturated carbocycles. The van der Waals surface area contributed by atoms with E-state index < -0.39 is 0 Å². The van der Waals surface area contributed by atoms with Crippen LogP contribution < -0.4 is 28.4 Å². The van der Waals surface area contributed by atoms with Crippen LogP contribution in [0.5, 0.6) is 34.5 Å². The van der Waals surface area contributed by atoms with Crippen LogP contribution in [0.2, 0.25) is 0 Å². The minimum Gasteiger partial charge on any atom is -0.493 e. The normalized spacial score (nSPS) is 16.4. The molecule has 170 valence electrons. The quantitative estimate of drug-likeness (QED) is 0.629. The molecule has 4 rings (SSSR count). The van der Waals surface area contributed by atoms with Crippen LogP contribution in [0.25, 0.3) is 17.2 Å². The maximum Gasteiger partial charge on any atom is 0.334 e. The van der Waals surface area contributed by atoms with Gasteiger partial charge in [0.25, 0.3) is 0 Å². The van der Waals surface area contributed by atoms with Crippen LogP contribution in [0, 0.1) is 5.92 Å². The highest BCUT2D eigenvalue weighted by Crippen LogP contribution is 2.55. The summed E-state index contributed by atoms with van der Waals surface area (Å²) in [5.41, 5.74) is 3.68. The van der Waals surface area contributed by atoms with Gasteiger partial charge in [0.1, 0.15) is 0 Å². The lowest BCUT2D eigenvalue weighted by atomic mass is 9.82. The van der Waals surface area contributed by atoms with Crippen molar-refractivity contribution in [1.29, 1.82) is 0 Å². The fourth-order valence-corrected chi connectivity index (χ4v) is 4.48. The van der Waals surface area contributed by atoms with Gasteiger partial charge in [0.05, 0.1) is 49.3 Å². The lowest BCUT2D eigenvalue weighted by Crippen LogP contribution is -2.13. The van der Waals surface area contributed by atoms with Crippen molar-refractivity contribution < 1.29 is 38.0 Å². The number of cyclic esters (lactones) is 1. The largest absolute Gasteiger partial charge is 0.493 e. The summed E-state index contributed by atoms with van der Waals surface area (Å²) in [6, 6.07) is 3.72. The van der Waals surface area contributed by atoms with E-state index >= 15 is 0 Å². The van der Waals surface area contributed by atoms with Crippen LogP contribution in [-0.2, 0) is 16.0 Å². The first-order valence-electron chi connectivity index (χ1n) is 10.1. The van der Waals surface area contributed by atoms with Gasteiger partial charge in [-0.1, -0.05) is 0 Å². The summed E-state index contributed by atoms with van der Waals surface area (Å²) in [6.07, 6.45) is 2.37. The molecule has 2 aliphatic rings. The molecule has 1 unspecified atom stereocenters. The van der Waals surface area contributed by atoms with Crippen molar-refractivity contribution >= 4 is 12.0 Å². The fourth-order valence-electron chi connectivity index (χ4n) is 4.48. The Hall–Kier alpha value is -3.55. The lowest BCUT2D eigenvalue weighted by molar-refractivity contribution is -0.135. The summed E-state index contributed by atoms with van der Waals surface area (Å²) in [7, 11) is 9.36. The first-order valence-corrected chi connectivity index (χ1v) is 10.1. The highest BCUT2D eigenvalue weighted by atomic mass is 16.5. The Balaban J connectivity index is 2.20. The van der Waals surface area contributed by atoms with Gasteiger partial charge in [-0.15, -0.1) is 0 Å². The second-order valence-electron chi connectivity index (χ2n) is 7.39. The minimum atomic E-state index is -0.328. The maximum atomic E-state index is 12.5. The Morgan fingerprint density at radius 3 is 1.88 bits per heavy atom. The molecule has 8 nitrogen and oxygen atoms in total. The molecule has 32 heavy (non-hydrogen) atoms. The lowest BCUT2D eigenvalue weighted by Gasteiger charge is -2.26.